The smallest absolute Gasteiger partial charge is 0.407 e. The van der Waals surface area contributed by atoms with Crippen LogP contribution in [-0.2, 0) is 9.47 Å². The molecule has 0 aliphatic carbocycles. The summed E-state index contributed by atoms with van der Waals surface area (Å²) >= 11 is 3.46. The van der Waals surface area contributed by atoms with Gasteiger partial charge in [0, 0.05) is 29.7 Å². The summed E-state index contributed by atoms with van der Waals surface area (Å²) in [6, 6.07) is 0. The van der Waals surface area contributed by atoms with Crippen molar-refractivity contribution in [3.05, 3.63) is 0 Å². The second-order valence-corrected chi connectivity index (χ2v) is 9.37. The molecule has 0 unspecified atom stereocenters. The predicted octanol–water partition coefficient (Wildman–Crippen LogP) is 3.46. The van der Waals surface area contributed by atoms with Gasteiger partial charge in [0.15, 0.2) is 0 Å². The number of hydrogen-bond donors (Lipinski definition) is 2. The molecule has 2 N–H and O–H groups in total. The molecule has 0 aromatic heterocycles. The Balaban J connectivity index is 3.41. The predicted molar refractivity (Wildman–Crippen MR) is 98.3 cm³/mol. The SMILES string of the molecule is CC(C)(C)OC(=O)NCCSCSCCNC(=O)OC(C)(C)C. The van der Waals surface area contributed by atoms with Crippen LogP contribution < -0.4 is 10.6 Å². The molecule has 0 aromatic rings. The molecule has 0 bridgehead atoms. The van der Waals surface area contributed by atoms with E-state index in [1.54, 1.807) is 23.5 Å². The van der Waals surface area contributed by atoms with Crippen LogP contribution >= 0.6 is 23.5 Å². The third kappa shape index (κ3) is 17.4. The Morgan fingerprint density at radius 2 is 1.13 bits per heavy atom. The van der Waals surface area contributed by atoms with Crippen LogP contribution in [0.25, 0.3) is 0 Å². The van der Waals surface area contributed by atoms with Gasteiger partial charge in [-0.3, -0.25) is 0 Å². The van der Waals surface area contributed by atoms with Crippen LogP contribution in [0.1, 0.15) is 41.5 Å². The highest BCUT2D eigenvalue weighted by molar-refractivity contribution is 8.15. The molecule has 0 rings (SSSR count). The molecule has 0 fully saturated rings. The average molecular weight is 367 g/mol. The molecular weight excluding hydrogens is 336 g/mol. The Kier molecular flexibility index (Phi) is 10.6. The second kappa shape index (κ2) is 10.9. The van der Waals surface area contributed by atoms with E-state index in [0.29, 0.717) is 13.1 Å². The largest absolute Gasteiger partial charge is 0.444 e. The number of thioether (sulfide) groups is 2. The standard InChI is InChI=1S/C15H30N2O4S2/c1-14(2,3)20-12(18)16-7-9-22-11-23-10-8-17-13(19)21-15(4,5)6/h7-11H2,1-6H3,(H,16,18)(H,17,19). The molecule has 0 aliphatic rings. The molecule has 136 valence electrons. The Morgan fingerprint density at radius 3 is 1.43 bits per heavy atom. The van der Waals surface area contributed by atoms with Gasteiger partial charge in [-0.25, -0.2) is 9.59 Å². The number of carbonyl (C=O) groups is 2. The van der Waals surface area contributed by atoms with Gasteiger partial charge in [0.2, 0.25) is 0 Å². The minimum absolute atomic E-state index is 0.382. The summed E-state index contributed by atoms with van der Waals surface area (Å²) in [5.41, 5.74) is -0.928. The fraction of sp³-hybridized carbons (Fsp3) is 0.867. The van der Waals surface area contributed by atoms with Gasteiger partial charge in [0.1, 0.15) is 11.2 Å². The van der Waals surface area contributed by atoms with Crippen molar-refractivity contribution in [2.24, 2.45) is 0 Å². The molecule has 0 atom stereocenters. The highest BCUT2D eigenvalue weighted by Gasteiger charge is 2.16. The van der Waals surface area contributed by atoms with Crippen molar-refractivity contribution in [2.45, 2.75) is 52.7 Å². The highest BCUT2D eigenvalue weighted by Crippen LogP contribution is 2.11. The van der Waals surface area contributed by atoms with Crippen molar-refractivity contribution in [3.63, 3.8) is 0 Å². The first kappa shape index (κ1) is 22.2. The van der Waals surface area contributed by atoms with E-state index in [2.05, 4.69) is 10.6 Å². The van der Waals surface area contributed by atoms with Crippen LogP contribution in [0.4, 0.5) is 9.59 Å². The molecule has 6 nitrogen and oxygen atoms in total. The molecule has 0 radical (unpaired) electrons. The van der Waals surface area contributed by atoms with Gasteiger partial charge >= 0.3 is 12.2 Å². The minimum atomic E-state index is -0.464. The van der Waals surface area contributed by atoms with Gasteiger partial charge in [-0.15, -0.1) is 23.5 Å². The van der Waals surface area contributed by atoms with E-state index in [9.17, 15) is 9.59 Å². The van der Waals surface area contributed by atoms with Crippen molar-refractivity contribution in [2.75, 3.05) is 29.7 Å². The second-order valence-electron chi connectivity index (χ2n) is 6.79. The zero-order chi connectivity index (χ0) is 17.9. The summed E-state index contributed by atoms with van der Waals surface area (Å²) in [5.74, 6) is 1.65. The quantitative estimate of drug-likeness (QED) is 0.506. The van der Waals surface area contributed by atoms with Gasteiger partial charge in [0.05, 0.1) is 0 Å². The Morgan fingerprint density at radius 1 is 0.783 bits per heavy atom. The molecule has 23 heavy (non-hydrogen) atoms. The summed E-state index contributed by atoms with van der Waals surface area (Å²) in [5, 5.41) is 6.33. The third-order valence-corrected chi connectivity index (χ3v) is 4.31. The van der Waals surface area contributed by atoms with Gasteiger partial charge in [-0.1, -0.05) is 0 Å². The topological polar surface area (TPSA) is 76.7 Å². The maximum atomic E-state index is 11.4. The summed E-state index contributed by atoms with van der Waals surface area (Å²) in [6.45, 7) is 12.2. The van der Waals surface area contributed by atoms with E-state index in [0.717, 1.165) is 16.6 Å². The van der Waals surface area contributed by atoms with Crippen LogP contribution in [0.2, 0.25) is 0 Å². The molecule has 0 saturated heterocycles. The number of ether oxygens (including phenoxy) is 2. The van der Waals surface area contributed by atoms with E-state index < -0.39 is 11.2 Å². The zero-order valence-corrected chi connectivity index (χ0v) is 16.6. The third-order valence-electron chi connectivity index (χ3n) is 2.00. The lowest BCUT2D eigenvalue weighted by Gasteiger charge is -2.19. The van der Waals surface area contributed by atoms with E-state index in [4.69, 9.17) is 9.47 Å². The molecular formula is C15H30N2O4S2. The van der Waals surface area contributed by atoms with Crippen molar-refractivity contribution < 1.29 is 19.1 Å². The van der Waals surface area contributed by atoms with Crippen molar-refractivity contribution in [1.82, 2.24) is 10.6 Å². The average Bonchev–Trinajstić information content (AvgIpc) is 2.32. The lowest BCUT2D eigenvalue weighted by atomic mass is 10.2. The fourth-order valence-corrected chi connectivity index (χ4v) is 3.16. The highest BCUT2D eigenvalue weighted by atomic mass is 32.2. The van der Waals surface area contributed by atoms with Gasteiger partial charge in [0.25, 0.3) is 0 Å². The molecule has 0 aliphatic heterocycles. The maximum absolute atomic E-state index is 11.4. The molecule has 8 heteroatoms. The van der Waals surface area contributed by atoms with Crippen LogP contribution in [0.3, 0.4) is 0 Å². The number of amides is 2. The van der Waals surface area contributed by atoms with E-state index >= 15 is 0 Å². The first-order chi connectivity index (χ1) is 10.5. The van der Waals surface area contributed by atoms with Gasteiger partial charge in [-0.2, -0.15) is 0 Å². The van der Waals surface area contributed by atoms with E-state index in [1.165, 1.54) is 0 Å². The van der Waals surface area contributed by atoms with Gasteiger partial charge in [-0.05, 0) is 41.5 Å². The monoisotopic (exact) mass is 366 g/mol. The zero-order valence-electron chi connectivity index (χ0n) is 15.0. The number of nitrogens with one attached hydrogen (secondary N) is 2. The molecule has 0 heterocycles. The van der Waals surface area contributed by atoms with Crippen LogP contribution in [-0.4, -0.2) is 53.1 Å². The Labute approximate surface area is 148 Å². The van der Waals surface area contributed by atoms with Crippen LogP contribution in [0, 0.1) is 0 Å². The number of rotatable bonds is 8. The summed E-state index contributed by atoms with van der Waals surface area (Å²) in [4.78, 5) is 22.8. The normalized spacial score (nSPS) is 11.7. The molecule has 0 aromatic carbocycles. The van der Waals surface area contributed by atoms with Crippen molar-refractivity contribution >= 4 is 35.7 Å². The Bertz CT molecular complexity index is 331. The maximum Gasteiger partial charge on any atom is 0.407 e. The van der Waals surface area contributed by atoms with Crippen molar-refractivity contribution in [1.29, 1.82) is 0 Å². The summed E-state index contributed by atoms with van der Waals surface area (Å²) in [7, 11) is 0. The van der Waals surface area contributed by atoms with Crippen LogP contribution in [0.15, 0.2) is 0 Å². The lowest BCUT2D eigenvalue weighted by Crippen LogP contribution is -2.33. The Hall–Kier alpha value is -0.760. The summed E-state index contributed by atoms with van der Waals surface area (Å²) in [6.07, 6.45) is -0.764. The number of carbonyl (C=O) groups excluding carboxylic acids is 2. The minimum Gasteiger partial charge on any atom is -0.444 e. The van der Waals surface area contributed by atoms with E-state index in [-0.39, 0.29) is 12.2 Å². The lowest BCUT2D eigenvalue weighted by molar-refractivity contribution is 0.0520. The van der Waals surface area contributed by atoms with E-state index in [1.807, 2.05) is 41.5 Å². The molecule has 0 spiro atoms. The van der Waals surface area contributed by atoms with Crippen molar-refractivity contribution in [3.8, 4) is 0 Å². The molecule has 2 amide bonds. The van der Waals surface area contributed by atoms with Gasteiger partial charge < -0.3 is 20.1 Å². The molecule has 0 saturated carbocycles. The first-order valence-electron chi connectivity index (χ1n) is 7.59. The van der Waals surface area contributed by atoms with Crippen LogP contribution in [0.5, 0.6) is 0 Å². The first-order valence-corrected chi connectivity index (χ1v) is 9.90. The summed E-state index contributed by atoms with van der Waals surface area (Å²) < 4.78 is 10.3. The fourth-order valence-electron chi connectivity index (χ4n) is 1.26. The number of alkyl carbamates (subject to hydrolysis) is 2. The number of hydrogen-bond acceptors (Lipinski definition) is 6.